The second-order valence-electron chi connectivity index (χ2n) is 4.16. The summed E-state index contributed by atoms with van der Waals surface area (Å²) in [7, 11) is -2.87. The van der Waals surface area contributed by atoms with Gasteiger partial charge >= 0.3 is 0 Å². The molecule has 0 fully saturated rings. The van der Waals surface area contributed by atoms with Gasteiger partial charge in [0, 0.05) is 29.8 Å². The van der Waals surface area contributed by atoms with Gasteiger partial charge in [0.25, 0.3) is 0 Å². The topological polar surface area (TPSA) is 72.0 Å². The molecule has 0 bridgehead atoms. The molecule has 0 aliphatic heterocycles. The maximum absolute atomic E-state index is 11.4. The Morgan fingerprint density at radius 3 is 2.50 bits per heavy atom. The van der Waals surface area contributed by atoms with Gasteiger partial charge in [0.1, 0.15) is 16.2 Å². The van der Waals surface area contributed by atoms with Crippen molar-refractivity contribution in [2.75, 3.05) is 18.1 Å². The number of rotatable bonds is 8. The largest absolute Gasteiger partial charge is 0.310 e. The van der Waals surface area contributed by atoms with Crippen LogP contribution in [0.4, 0.5) is 0 Å². The van der Waals surface area contributed by atoms with Crippen molar-refractivity contribution >= 4 is 9.84 Å². The summed E-state index contributed by atoms with van der Waals surface area (Å²) in [5.41, 5.74) is 1.01. The van der Waals surface area contributed by atoms with Crippen molar-refractivity contribution < 1.29 is 8.42 Å². The zero-order chi connectivity index (χ0) is 13.4. The van der Waals surface area contributed by atoms with Crippen LogP contribution in [0.15, 0.2) is 18.7 Å². The lowest BCUT2D eigenvalue weighted by molar-refractivity contribution is 0.504. The van der Waals surface area contributed by atoms with Crippen LogP contribution < -0.4 is 5.32 Å². The molecule has 1 rings (SSSR count). The summed E-state index contributed by atoms with van der Waals surface area (Å²) in [6, 6.07) is 0.128. The second kappa shape index (κ2) is 7.43. The van der Waals surface area contributed by atoms with Crippen molar-refractivity contribution in [3.8, 4) is 0 Å². The SMILES string of the molecule is CCNC(CCCS(=O)(=O)CC)c1cncnc1. The Hall–Kier alpha value is -1.01. The molecule has 0 saturated carbocycles. The van der Waals surface area contributed by atoms with Gasteiger partial charge < -0.3 is 5.32 Å². The summed E-state index contributed by atoms with van der Waals surface area (Å²) in [5, 5.41) is 3.33. The third-order valence-electron chi connectivity index (χ3n) is 2.82. The molecule has 0 radical (unpaired) electrons. The predicted molar refractivity (Wildman–Crippen MR) is 72.0 cm³/mol. The molecule has 0 spiro atoms. The van der Waals surface area contributed by atoms with Crippen LogP contribution in [0, 0.1) is 0 Å². The van der Waals surface area contributed by atoms with Crippen molar-refractivity contribution in [2.45, 2.75) is 32.7 Å². The van der Waals surface area contributed by atoms with E-state index in [2.05, 4.69) is 15.3 Å². The Bertz CT molecular complexity index is 434. The van der Waals surface area contributed by atoms with E-state index in [9.17, 15) is 8.42 Å². The standard InChI is InChI=1S/C12H21N3O2S/c1-3-15-12(11-8-13-10-14-9-11)6-5-7-18(16,17)4-2/h8-10,12,15H,3-7H2,1-2H3. The van der Waals surface area contributed by atoms with Crippen molar-refractivity contribution in [3.63, 3.8) is 0 Å². The first-order valence-corrected chi connectivity index (χ1v) is 8.10. The van der Waals surface area contributed by atoms with Crippen molar-refractivity contribution in [1.29, 1.82) is 0 Å². The molecule has 6 heteroatoms. The molecule has 0 amide bonds. The lowest BCUT2D eigenvalue weighted by Gasteiger charge is -2.17. The van der Waals surface area contributed by atoms with Gasteiger partial charge in [-0.25, -0.2) is 18.4 Å². The van der Waals surface area contributed by atoms with Crippen LogP contribution in [0.2, 0.25) is 0 Å². The van der Waals surface area contributed by atoms with Gasteiger partial charge in [0.05, 0.1) is 5.75 Å². The summed E-state index contributed by atoms with van der Waals surface area (Å²) in [4.78, 5) is 7.98. The number of sulfone groups is 1. The van der Waals surface area contributed by atoms with Crippen molar-refractivity contribution in [1.82, 2.24) is 15.3 Å². The molecule has 1 aromatic heterocycles. The highest BCUT2D eigenvalue weighted by Gasteiger charge is 2.13. The summed E-state index contributed by atoms with van der Waals surface area (Å²) in [6.07, 6.45) is 6.47. The first-order valence-electron chi connectivity index (χ1n) is 6.27. The predicted octanol–water partition coefficient (Wildman–Crippen LogP) is 1.34. The lowest BCUT2D eigenvalue weighted by Crippen LogP contribution is -2.22. The fourth-order valence-corrected chi connectivity index (χ4v) is 2.67. The van der Waals surface area contributed by atoms with Crippen LogP contribution in [0.25, 0.3) is 0 Å². The van der Waals surface area contributed by atoms with Crippen molar-refractivity contribution in [3.05, 3.63) is 24.3 Å². The highest BCUT2D eigenvalue weighted by molar-refractivity contribution is 7.91. The summed E-state index contributed by atoms with van der Waals surface area (Å²) < 4.78 is 22.9. The van der Waals surface area contributed by atoms with Crippen LogP contribution >= 0.6 is 0 Å². The van der Waals surface area contributed by atoms with Gasteiger partial charge in [0.15, 0.2) is 0 Å². The molecule has 1 N–H and O–H groups in total. The highest BCUT2D eigenvalue weighted by atomic mass is 32.2. The van der Waals surface area contributed by atoms with Gasteiger partial charge in [-0.05, 0) is 19.4 Å². The normalized spacial score (nSPS) is 13.4. The van der Waals surface area contributed by atoms with Gasteiger partial charge in [-0.15, -0.1) is 0 Å². The Labute approximate surface area is 109 Å². The van der Waals surface area contributed by atoms with E-state index in [1.165, 1.54) is 6.33 Å². The molecule has 5 nitrogen and oxygen atoms in total. The van der Waals surface area contributed by atoms with E-state index in [1.54, 1.807) is 19.3 Å². The summed E-state index contributed by atoms with van der Waals surface area (Å²) >= 11 is 0. The smallest absolute Gasteiger partial charge is 0.150 e. The Morgan fingerprint density at radius 1 is 1.28 bits per heavy atom. The van der Waals surface area contributed by atoms with Crippen molar-refractivity contribution in [2.24, 2.45) is 0 Å². The summed E-state index contributed by atoms with van der Waals surface area (Å²) in [6.45, 7) is 4.54. The lowest BCUT2D eigenvalue weighted by atomic mass is 10.1. The molecule has 1 unspecified atom stereocenters. The Morgan fingerprint density at radius 2 is 1.94 bits per heavy atom. The van der Waals surface area contributed by atoms with Gasteiger partial charge in [-0.1, -0.05) is 13.8 Å². The molecular formula is C12H21N3O2S. The molecule has 102 valence electrons. The molecule has 18 heavy (non-hydrogen) atoms. The van der Waals surface area contributed by atoms with Crippen LogP contribution in [-0.2, 0) is 9.84 Å². The number of nitrogens with one attached hydrogen (secondary N) is 1. The molecule has 0 aliphatic rings. The second-order valence-corrected chi connectivity index (χ2v) is 6.63. The molecule has 1 aromatic rings. The average molecular weight is 271 g/mol. The van der Waals surface area contributed by atoms with E-state index in [0.29, 0.717) is 6.42 Å². The van der Waals surface area contributed by atoms with Gasteiger partial charge in [0.2, 0.25) is 0 Å². The Balaban J connectivity index is 2.54. The first-order chi connectivity index (χ1) is 8.59. The zero-order valence-corrected chi connectivity index (χ0v) is 11.8. The van der Waals surface area contributed by atoms with Crippen LogP contribution in [0.5, 0.6) is 0 Å². The maximum atomic E-state index is 11.4. The number of hydrogen-bond donors (Lipinski definition) is 1. The third-order valence-corrected chi connectivity index (χ3v) is 4.61. The van der Waals surface area contributed by atoms with Crippen LogP contribution in [0.1, 0.15) is 38.3 Å². The van der Waals surface area contributed by atoms with Gasteiger partial charge in [-0.3, -0.25) is 0 Å². The molecule has 0 aliphatic carbocycles. The molecule has 1 heterocycles. The van der Waals surface area contributed by atoms with E-state index >= 15 is 0 Å². The van der Waals surface area contributed by atoms with Crippen LogP contribution in [-0.4, -0.2) is 36.4 Å². The average Bonchev–Trinajstić information content (AvgIpc) is 2.39. The van der Waals surface area contributed by atoms with E-state index in [-0.39, 0.29) is 17.5 Å². The quantitative estimate of drug-likeness (QED) is 0.772. The van der Waals surface area contributed by atoms with Crippen LogP contribution in [0.3, 0.4) is 0 Å². The monoisotopic (exact) mass is 271 g/mol. The third kappa shape index (κ3) is 5.10. The van der Waals surface area contributed by atoms with E-state index in [1.807, 2.05) is 6.92 Å². The van der Waals surface area contributed by atoms with E-state index in [4.69, 9.17) is 0 Å². The maximum Gasteiger partial charge on any atom is 0.150 e. The first kappa shape index (κ1) is 15.0. The number of nitrogens with zero attached hydrogens (tertiary/aromatic N) is 2. The summed E-state index contributed by atoms with van der Waals surface area (Å²) in [5.74, 6) is 0.465. The minimum absolute atomic E-state index is 0.128. The number of hydrogen-bond acceptors (Lipinski definition) is 5. The molecule has 0 saturated heterocycles. The van der Waals surface area contributed by atoms with Gasteiger partial charge in [-0.2, -0.15) is 0 Å². The molecule has 0 aromatic carbocycles. The minimum Gasteiger partial charge on any atom is -0.310 e. The highest BCUT2D eigenvalue weighted by Crippen LogP contribution is 2.17. The number of aromatic nitrogens is 2. The minimum atomic E-state index is -2.87. The Kier molecular flexibility index (Phi) is 6.21. The van der Waals surface area contributed by atoms with E-state index < -0.39 is 9.84 Å². The molecule has 1 atom stereocenters. The fraction of sp³-hybridized carbons (Fsp3) is 0.667. The zero-order valence-electron chi connectivity index (χ0n) is 11.0. The molecular weight excluding hydrogens is 250 g/mol. The fourth-order valence-electron chi connectivity index (χ4n) is 1.78. The van der Waals surface area contributed by atoms with E-state index in [0.717, 1.165) is 18.5 Å².